The minimum Gasteiger partial charge on any atom is -0.477 e. The fourth-order valence-corrected chi connectivity index (χ4v) is 2.57. The molecule has 1 heterocycles. The average Bonchev–Trinajstić information content (AvgIpc) is 2.47. The summed E-state index contributed by atoms with van der Waals surface area (Å²) in [6.45, 7) is 2.53. The van der Waals surface area contributed by atoms with Gasteiger partial charge in [-0.3, -0.25) is 4.79 Å². The van der Waals surface area contributed by atoms with Crippen molar-refractivity contribution >= 4 is 27.6 Å². The number of carboxylic acid groups (broad SMARTS) is 1. The van der Waals surface area contributed by atoms with Gasteiger partial charge in [0.1, 0.15) is 5.56 Å². The monoisotopic (exact) mass is 267 g/mol. The van der Waals surface area contributed by atoms with E-state index in [0.717, 1.165) is 16.3 Å². The Bertz CT molecular complexity index is 893. The Labute approximate surface area is 114 Å². The first kappa shape index (κ1) is 12.4. The highest BCUT2D eigenvalue weighted by Gasteiger charge is 2.15. The first-order valence-electron chi connectivity index (χ1n) is 6.41. The van der Waals surface area contributed by atoms with Crippen LogP contribution >= 0.6 is 0 Å². The van der Waals surface area contributed by atoms with Crippen LogP contribution in [0.15, 0.2) is 47.4 Å². The molecule has 0 aliphatic rings. The number of carbonyl (C=O) groups is 1. The zero-order valence-corrected chi connectivity index (χ0v) is 11.0. The van der Waals surface area contributed by atoms with Crippen LogP contribution in [0.3, 0.4) is 0 Å². The Kier molecular flexibility index (Phi) is 2.79. The van der Waals surface area contributed by atoms with Gasteiger partial charge in [-0.1, -0.05) is 30.3 Å². The maximum absolute atomic E-state index is 12.3. The van der Waals surface area contributed by atoms with Crippen LogP contribution in [0.4, 0.5) is 0 Å². The van der Waals surface area contributed by atoms with E-state index in [1.54, 1.807) is 6.07 Å². The number of fused-ring (bicyclic) bond motifs is 3. The van der Waals surface area contributed by atoms with E-state index in [9.17, 15) is 9.59 Å². The number of carboxylic acids is 1. The van der Waals surface area contributed by atoms with E-state index in [0.29, 0.717) is 11.9 Å². The summed E-state index contributed by atoms with van der Waals surface area (Å²) in [5.74, 6) is -1.19. The molecule has 0 bridgehead atoms. The molecule has 0 saturated heterocycles. The highest BCUT2D eigenvalue weighted by molar-refractivity contribution is 6.06. The molecule has 1 N–H and O–H groups in total. The van der Waals surface area contributed by atoms with Gasteiger partial charge in [0.2, 0.25) is 5.43 Å². The molecule has 0 radical (unpaired) electrons. The largest absolute Gasteiger partial charge is 0.477 e. The molecule has 0 aliphatic carbocycles. The van der Waals surface area contributed by atoms with Gasteiger partial charge in [0.05, 0.1) is 5.52 Å². The van der Waals surface area contributed by atoms with Crippen molar-refractivity contribution in [2.24, 2.45) is 0 Å². The molecule has 0 unspecified atom stereocenters. The van der Waals surface area contributed by atoms with Crippen molar-refractivity contribution in [3.63, 3.8) is 0 Å². The molecule has 100 valence electrons. The lowest BCUT2D eigenvalue weighted by atomic mass is 10.0. The Morgan fingerprint density at radius 2 is 1.90 bits per heavy atom. The molecule has 1 aromatic heterocycles. The summed E-state index contributed by atoms with van der Waals surface area (Å²) in [5.41, 5.74) is 0.179. The predicted octanol–water partition coefficient (Wildman–Crippen LogP) is 2.87. The standard InChI is InChI=1S/C16H13NO3/c1-2-17-9-13(16(19)20)15(18)12-8-7-10-5-3-4-6-11(10)14(12)17/h3-9H,2H2,1H3,(H,19,20). The molecule has 4 heteroatoms. The smallest absolute Gasteiger partial charge is 0.341 e. The lowest BCUT2D eigenvalue weighted by Gasteiger charge is -2.12. The van der Waals surface area contributed by atoms with Gasteiger partial charge in [0.15, 0.2) is 0 Å². The van der Waals surface area contributed by atoms with E-state index in [2.05, 4.69) is 0 Å². The number of hydrogen-bond donors (Lipinski definition) is 1. The number of aryl methyl sites for hydroxylation is 1. The predicted molar refractivity (Wildman–Crippen MR) is 78.3 cm³/mol. The van der Waals surface area contributed by atoms with Crippen molar-refractivity contribution in [1.29, 1.82) is 0 Å². The molecule has 3 rings (SSSR count). The summed E-state index contributed by atoms with van der Waals surface area (Å²) in [4.78, 5) is 23.5. The Hall–Kier alpha value is -2.62. The van der Waals surface area contributed by atoms with Crippen LogP contribution in [0, 0.1) is 0 Å². The zero-order valence-electron chi connectivity index (χ0n) is 11.0. The summed E-state index contributed by atoms with van der Waals surface area (Å²) < 4.78 is 1.82. The van der Waals surface area contributed by atoms with Crippen LogP contribution in [-0.2, 0) is 6.54 Å². The third kappa shape index (κ3) is 1.69. The number of aromatic carboxylic acids is 1. The Morgan fingerprint density at radius 1 is 1.15 bits per heavy atom. The summed E-state index contributed by atoms with van der Waals surface area (Å²) >= 11 is 0. The Morgan fingerprint density at radius 3 is 2.60 bits per heavy atom. The molecule has 20 heavy (non-hydrogen) atoms. The zero-order chi connectivity index (χ0) is 14.3. The minimum atomic E-state index is -1.19. The van der Waals surface area contributed by atoms with Crippen LogP contribution in [0.5, 0.6) is 0 Å². The number of hydrogen-bond acceptors (Lipinski definition) is 2. The fourth-order valence-electron chi connectivity index (χ4n) is 2.57. The second-order valence-electron chi connectivity index (χ2n) is 4.65. The van der Waals surface area contributed by atoms with Gasteiger partial charge in [-0.25, -0.2) is 4.79 Å². The molecule has 0 aliphatic heterocycles. The van der Waals surface area contributed by atoms with Gasteiger partial charge in [0.25, 0.3) is 0 Å². The van der Waals surface area contributed by atoms with Crippen molar-refractivity contribution in [1.82, 2.24) is 4.57 Å². The number of pyridine rings is 1. The van der Waals surface area contributed by atoms with Gasteiger partial charge in [0, 0.05) is 23.5 Å². The van der Waals surface area contributed by atoms with Crippen LogP contribution in [0.25, 0.3) is 21.7 Å². The number of aromatic nitrogens is 1. The molecule has 0 amide bonds. The van der Waals surface area contributed by atoms with Crippen LogP contribution in [0.1, 0.15) is 17.3 Å². The van der Waals surface area contributed by atoms with Crippen molar-refractivity contribution in [2.45, 2.75) is 13.5 Å². The highest BCUT2D eigenvalue weighted by atomic mass is 16.4. The first-order chi connectivity index (χ1) is 9.63. The quantitative estimate of drug-likeness (QED) is 0.726. The lowest BCUT2D eigenvalue weighted by molar-refractivity contribution is 0.0695. The van der Waals surface area contributed by atoms with Gasteiger partial charge >= 0.3 is 5.97 Å². The van der Waals surface area contributed by atoms with Crippen molar-refractivity contribution in [2.75, 3.05) is 0 Å². The van der Waals surface area contributed by atoms with E-state index in [1.165, 1.54) is 6.20 Å². The topological polar surface area (TPSA) is 59.3 Å². The number of nitrogens with zero attached hydrogens (tertiary/aromatic N) is 1. The molecule has 0 saturated carbocycles. The first-order valence-corrected chi connectivity index (χ1v) is 6.41. The number of benzene rings is 2. The molecule has 0 atom stereocenters. The van der Waals surface area contributed by atoms with Gasteiger partial charge in [-0.2, -0.15) is 0 Å². The second kappa shape index (κ2) is 4.49. The van der Waals surface area contributed by atoms with E-state index in [4.69, 9.17) is 5.11 Å². The third-order valence-corrected chi connectivity index (χ3v) is 3.53. The second-order valence-corrected chi connectivity index (χ2v) is 4.65. The number of rotatable bonds is 2. The molecule has 2 aromatic carbocycles. The van der Waals surface area contributed by atoms with Crippen molar-refractivity contribution in [3.05, 3.63) is 58.4 Å². The summed E-state index contributed by atoms with van der Waals surface area (Å²) in [5, 5.41) is 11.6. The van der Waals surface area contributed by atoms with Crippen LogP contribution < -0.4 is 5.43 Å². The maximum Gasteiger partial charge on any atom is 0.341 e. The van der Waals surface area contributed by atoms with Gasteiger partial charge in [-0.15, -0.1) is 0 Å². The summed E-state index contributed by atoms with van der Waals surface area (Å²) in [6.07, 6.45) is 1.43. The lowest BCUT2D eigenvalue weighted by Crippen LogP contribution is -2.18. The summed E-state index contributed by atoms with van der Waals surface area (Å²) in [7, 11) is 0. The molecule has 0 spiro atoms. The van der Waals surface area contributed by atoms with Crippen molar-refractivity contribution in [3.8, 4) is 0 Å². The van der Waals surface area contributed by atoms with E-state index in [1.807, 2.05) is 41.8 Å². The van der Waals surface area contributed by atoms with Crippen LogP contribution in [0.2, 0.25) is 0 Å². The molecule has 4 nitrogen and oxygen atoms in total. The van der Waals surface area contributed by atoms with Crippen LogP contribution in [-0.4, -0.2) is 15.6 Å². The van der Waals surface area contributed by atoms with Gasteiger partial charge < -0.3 is 9.67 Å². The van der Waals surface area contributed by atoms with E-state index in [-0.39, 0.29) is 5.56 Å². The molecular formula is C16H13NO3. The van der Waals surface area contributed by atoms with E-state index >= 15 is 0 Å². The molecule has 0 fully saturated rings. The van der Waals surface area contributed by atoms with E-state index < -0.39 is 11.4 Å². The highest BCUT2D eigenvalue weighted by Crippen LogP contribution is 2.24. The van der Waals surface area contributed by atoms with Crippen molar-refractivity contribution < 1.29 is 9.90 Å². The molecule has 3 aromatic rings. The minimum absolute atomic E-state index is 0.186. The SMILES string of the molecule is CCn1cc(C(=O)O)c(=O)c2ccc3ccccc3c21. The summed E-state index contributed by atoms with van der Waals surface area (Å²) in [6, 6.07) is 11.3. The fraction of sp³-hybridized carbons (Fsp3) is 0.125. The third-order valence-electron chi connectivity index (χ3n) is 3.53. The maximum atomic E-state index is 12.3. The Balaban J connectivity index is 2.59. The normalized spacial score (nSPS) is 11.1. The average molecular weight is 267 g/mol. The molecular weight excluding hydrogens is 254 g/mol. The van der Waals surface area contributed by atoms with Gasteiger partial charge in [-0.05, 0) is 18.4 Å².